The molecule has 0 spiro atoms. The molecule has 2 unspecified atom stereocenters. The fourth-order valence-electron chi connectivity index (χ4n) is 6.19. The SMILES string of the molecule is C=c1c(C)c(O)c(=C)c(C(C)(C)CC(=O)N(C)CCN(CCOCCOCCC(O)On2c(O)ccc2O)C(=O)Oc2ccc3nc(C4=NC(C(=O)O)CS4)sc3c2)c1O. The number of thiazole rings is 1. The van der Waals surface area contributed by atoms with Crippen LogP contribution >= 0.6 is 23.1 Å². The van der Waals surface area contributed by atoms with Gasteiger partial charge in [-0.15, -0.1) is 27.8 Å². The Kier molecular flexibility index (Phi) is 14.9. The van der Waals surface area contributed by atoms with Crippen molar-refractivity contribution in [2.24, 2.45) is 4.99 Å². The van der Waals surface area contributed by atoms with E-state index in [1.54, 1.807) is 46.0 Å². The van der Waals surface area contributed by atoms with Crippen molar-refractivity contribution in [1.82, 2.24) is 19.5 Å². The van der Waals surface area contributed by atoms with Crippen LogP contribution in [0.3, 0.4) is 0 Å². The maximum Gasteiger partial charge on any atom is 0.415 e. The molecule has 0 radical (unpaired) electrons. The molecule has 6 N–H and O–H groups in total. The number of aliphatic carboxylic acids is 1. The maximum absolute atomic E-state index is 13.6. The number of carboxylic acids is 1. The first-order valence-corrected chi connectivity index (χ1v) is 20.6. The third kappa shape index (κ3) is 11.0. The predicted octanol–water partition coefficient (Wildman–Crippen LogP) is 2.49. The Bertz CT molecular complexity index is 2330. The maximum atomic E-state index is 13.6. The molecule has 0 bridgehead atoms. The zero-order valence-corrected chi connectivity index (χ0v) is 35.3. The predicted molar refractivity (Wildman–Crippen MR) is 224 cm³/mol. The number of aromatic hydroxyl groups is 4. The number of phenolic OH excluding ortho intramolecular Hbond substituents is 2. The number of likely N-dealkylation sites (N-methyl/N-ethyl adjacent to an activating group) is 1. The van der Waals surface area contributed by atoms with Crippen LogP contribution in [0, 0.1) is 6.92 Å². The van der Waals surface area contributed by atoms with Crippen LogP contribution in [0.4, 0.5) is 4.79 Å². The van der Waals surface area contributed by atoms with E-state index in [1.807, 2.05) is 0 Å². The third-order valence-corrected chi connectivity index (χ3v) is 11.9. The molecule has 3 heterocycles. The largest absolute Gasteiger partial charge is 0.507 e. The second kappa shape index (κ2) is 19.7. The second-order valence-electron chi connectivity index (χ2n) is 14.6. The second-order valence-corrected chi connectivity index (χ2v) is 16.6. The number of aliphatic hydroxyl groups is 1. The molecule has 0 saturated carbocycles. The Morgan fingerprint density at radius 1 is 0.967 bits per heavy atom. The van der Waals surface area contributed by atoms with Gasteiger partial charge in [0.05, 0.1) is 36.6 Å². The number of aliphatic hydroxyl groups excluding tert-OH is 1. The highest BCUT2D eigenvalue weighted by Crippen LogP contribution is 2.33. The standard InChI is InChI=1S/C40H49N5O13S2/c1-22-23(2)35(51)33(24(3)34(22)50)40(4,5)20-31(48)43(6)12-13-44(14-16-56-18-17-55-15-11-32(49)58-45-29(46)9-10-30(45)47)39(54)57-25-7-8-26-28(19-25)60-37(41-26)36-42-27(21-59-36)38(52)53/h7-10,19,27,32,46-47,49-51H,2-3,11-18,20-21H2,1,4-6H3,(H,52,53). The van der Waals surface area contributed by atoms with Crippen molar-refractivity contribution in [3.8, 4) is 29.0 Å². The molecule has 1 aliphatic rings. The number of hydrogen-bond donors (Lipinski definition) is 6. The van der Waals surface area contributed by atoms with Gasteiger partial charge in [-0.2, -0.15) is 0 Å². The van der Waals surface area contributed by atoms with Gasteiger partial charge in [-0.25, -0.2) is 14.6 Å². The van der Waals surface area contributed by atoms with Crippen LogP contribution in [-0.4, -0.2) is 144 Å². The van der Waals surface area contributed by atoms with E-state index in [0.717, 1.165) is 0 Å². The summed E-state index contributed by atoms with van der Waals surface area (Å²) in [6, 6.07) is 6.51. The van der Waals surface area contributed by atoms with Crippen molar-refractivity contribution in [3.05, 3.63) is 56.9 Å². The summed E-state index contributed by atoms with van der Waals surface area (Å²) in [5.74, 6) is -1.75. The topological polar surface area (TPSA) is 246 Å². The van der Waals surface area contributed by atoms with E-state index >= 15 is 0 Å². The van der Waals surface area contributed by atoms with Crippen LogP contribution in [0.15, 0.2) is 35.3 Å². The zero-order chi connectivity index (χ0) is 43.9. The highest BCUT2D eigenvalue weighted by Gasteiger charge is 2.32. The normalized spacial score (nSPS) is 14.6. The number of aliphatic imine (C=N–C) groups is 1. The summed E-state index contributed by atoms with van der Waals surface area (Å²) < 4.78 is 18.4. The monoisotopic (exact) mass is 871 g/mol. The van der Waals surface area contributed by atoms with Gasteiger partial charge in [0.2, 0.25) is 24.0 Å². The summed E-state index contributed by atoms with van der Waals surface area (Å²) in [6.45, 7) is 13.6. The first-order chi connectivity index (χ1) is 28.4. The fraction of sp³-hybridized carbons (Fsp3) is 0.425. The highest BCUT2D eigenvalue weighted by atomic mass is 32.2. The van der Waals surface area contributed by atoms with Crippen LogP contribution < -0.4 is 20.0 Å². The minimum Gasteiger partial charge on any atom is -0.507 e. The van der Waals surface area contributed by atoms with Crippen molar-refractivity contribution in [2.45, 2.75) is 51.4 Å². The van der Waals surface area contributed by atoms with Crippen molar-refractivity contribution in [3.63, 3.8) is 0 Å². The van der Waals surface area contributed by atoms with Crippen molar-refractivity contribution in [2.75, 3.05) is 58.9 Å². The van der Waals surface area contributed by atoms with Crippen LogP contribution in [0.1, 0.15) is 42.8 Å². The summed E-state index contributed by atoms with van der Waals surface area (Å²) in [4.78, 5) is 55.3. The molecule has 20 heteroatoms. The quantitative estimate of drug-likeness (QED) is 0.0425. The lowest BCUT2D eigenvalue weighted by Gasteiger charge is -2.30. The Labute approximate surface area is 353 Å². The third-order valence-electron chi connectivity index (χ3n) is 9.67. The Hall–Kier alpha value is -5.54. The summed E-state index contributed by atoms with van der Waals surface area (Å²) in [7, 11) is 1.59. The number of rotatable bonds is 20. The van der Waals surface area contributed by atoms with Gasteiger partial charge in [0, 0.05) is 90.5 Å². The minimum absolute atomic E-state index is 0.0235. The molecular formula is C40H49N5O13S2. The summed E-state index contributed by atoms with van der Waals surface area (Å²) in [5.41, 5.74) is 0.388. The number of amides is 2. The van der Waals surface area contributed by atoms with Gasteiger partial charge < -0.3 is 59.5 Å². The van der Waals surface area contributed by atoms with Gasteiger partial charge in [-0.1, -0.05) is 27.0 Å². The first-order valence-electron chi connectivity index (χ1n) is 18.8. The number of carboxylic acid groups (broad SMARTS) is 1. The number of thioether (sulfide) groups is 1. The molecule has 2 aromatic heterocycles. The molecule has 0 aliphatic carbocycles. The number of carbonyl (C=O) groups excluding carboxylic acids is 2. The Balaban J connectivity index is 1.19. The smallest absolute Gasteiger partial charge is 0.415 e. The van der Waals surface area contributed by atoms with Crippen LogP contribution in [0.25, 0.3) is 23.4 Å². The number of phenols is 2. The molecule has 60 heavy (non-hydrogen) atoms. The lowest BCUT2D eigenvalue weighted by atomic mass is 9.78. The summed E-state index contributed by atoms with van der Waals surface area (Å²) >= 11 is 2.61. The van der Waals surface area contributed by atoms with Crippen LogP contribution in [0.5, 0.6) is 29.0 Å². The average Bonchev–Trinajstić information content (AvgIpc) is 3.94. The molecule has 2 atom stereocenters. The van der Waals surface area contributed by atoms with Crippen molar-refractivity contribution < 1.29 is 64.1 Å². The van der Waals surface area contributed by atoms with E-state index < -0.39 is 29.8 Å². The Morgan fingerprint density at radius 3 is 2.32 bits per heavy atom. The van der Waals surface area contributed by atoms with Crippen molar-refractivity contribution >= 4 is 69.5 Å². The molecular weight excluding hydrogens is 823 g/mol. The molecule has 0 fully saturated rings. The van der Waals surface area contributed by atoms with E-state index in [1.165, 1.54) is 45.0 Å². The molecule has 5 rings (SSSR count). The molecule has 1 aliphatic heterocycles. The number of aromatic nitrogens is 2. The molecule has 18 nitrogen and oxygen atoms in total. The lowest BCUT2D eigenvalue weighted by molar-refractivity contribution is -0.137. The molecule has 2 aromatic carbocycles. The van der Waals surface area contributed by atoms with E-state index in [9.17, 15) is 45.0 Å². The van der Waals surface area contributed by atoms with Crippen LogP contribution in [-0.2, 0) is 24.5 Å². The molecule has 324 valence electrons. The van der Waals surface area contributed by atoms with Gasteiger partial charge in [-0.3, -0.25) is 9.79 Å². The van der Waals surface area contributed by atoms with Gasteiger partial charge in [0.15, 0.2) is 6.04 Å². The highest BCUT2D eigenvalue weighted by molar-refractivity contribution is 8.15. The van der Waals surface area contributed by atoms with Gasteiger partial charge in [0.25, 0.3) is 0 Å². The molecule has 4 aromatic rings. The Morgan fingerprint density at radius 2 is 1.65 bits per heavy atom. The lowest BCUT2D eigenvalue weighted by Crippen LogP contribution is -2.43. The first kappa shape index (κ1) is 45.5. The minimum atomic E-state index is -1.37. The van der Waals surface area contributed by atoms with E-state index in [-0.39, 0.29) is 104 Å². The van der Waals surface area contributed by atoms with Gasteiger partial charge >= 0.3 is 12.1 Å². The van der Waals surface area contributed by atoms with E-state index in [4.69, 9.17) is 19.0 Å². The van der Waals surface area contributed by atoms with Crippen molar-refractivity contribution in [1.29, 1.82) is 0 Å². The van der Waals surface area contributed by atoms with Gasteiger partial charge in [0.1, 0.15) is 27.3 Å². The zero-order valence-electron chi connectivity index (χ0n) is 33.6. The van der Waals surface area contributed by atoms with Gasteiger partial charge in [-0.05, 0) is 19.1 Å². The average molecular weight is 872 g/mol. The van der Waals surface area contributed by atoms with E-state index in [2.05, 4.69) is 23.1 Å². The molecule has 2 amide bonds. The number of benzene rings is 2. The van der Waals surface area contributed by atoms with E-state index in [0.29, 0.717) is 41.9 Å². The number of nitrogens with zero attached hydrogens (tertiary/aromatic N) is 5. The summed E-state index contributed by atoms with van der Waals surface area (Å²) in [5, 5.41) is 61.8. The number of hydrogen-bond acceptors (Lipinski definition) is 16. The number of carbonyl (C=O) groups is 3. The number of fused-ring (bicyclic) bond motifs is 1. The summed E-state index contributed by atoms with van der Waals surface area (Å²) in [6.07, 6.45) is -2.12. The number of ether oxygens (including phenoxy) is 3. The fourth-order valence-corrected chi connectivity index (χ4v) is 8.28. The molecule has 0 saturated heterocycles. The van der Waals surface area contributed by atoms with Crippen LogP contribution in [0.2, 0.25) is 0 Å².